The second-order valence-corrected chi connectivity index (χ2v) is 4.51. The molecular weight excluding hydrogens is 194 g/mol. The van der Waals surface area contributed by atoms with Crippen LogP contribution in [0.25, 0.3) is 0 Å². The van der Waals surface area contributed by atoms with Gasteiger partial charge < -0.3 is 4.57 Å². The molecule has 0 N–H and O–H groups in total. The molecule has 0 aliphatic heterocycles. The van der Waals surface area contributed by atoms with Crippen LogP contribution in [0.5, 0.6) is 0 Å². The summed E-state index contributed by atoms with van der Waals surface area (Å²) in [5.74, 6) is 0. The molecule has 0 aliphatic rings. The molecule has 0 atom stereocenters. The van der Waals surface area contributed by atoms with Gasteiger partial charge in [0.25, 0.3) is 0 Å². The minimum atomic E-state index is 1.08. The molecule has 1 heterocycles. The van der Waals surface area contributed by atoms with Gasteiger partial charge in [-0.3, -0.25) is 0 Å². The number of hydrogen-bond acceptors (Lipinski definition) is 0. The van der Waals surface area contributed by atoms with Crippen LogP contribution in [-0.2, 0) is 13.0 Å². The van der Waals surface area contributed by atoms with Crippen molar-refractivity contribution < 1.29 is 0 Å². The first kappa shape index (κ1) is 11.0. The largest absolute Gasteiger partial charge is 0.349 e. The molecule has 1 nitrogen and oxygen atoms in total. The van der Waals surface area contributed by atoms with Gasteiger partial charge in [-0.25, -0.2) is 0 Å². The highest BCUT2D eigenvalue weighted by Crippen LogP contribution is 2.10. The first-order valence-electron chi connectivity index (χ1n) is 5.85. The zero-order valence-corrected chi connectivity index (χ0v) is 10.3. The molecule has 0 unspecified atom stereocenters. The number of nitrogens with zero attached hydrogens (tertiary/aromatic N) is 1. The number of rotatable bonds is 3. The number of aromatic nitrogens is 1. The standard InChI is InChI=1S/C15H19N/c1-12-5-4-6-15(11-12)9-10-16-13(2)7-8-14(16)3/h4-8,11H,9-10H2,1-3H3. The quantitative estimate of drug-likeness (QED) is 0.733. The van der Waals surface area contributed by atoms with Gasteiger partial charge in [-0.2, -0.15) is 0 Å². The van der Waals surface area contributed by atoms with Gasteiger partial charge in [-0.15, -0.1) is 0 Å². The maximum absolute atomic E-state index is 2.38. The maximum atomic E-state index is 2.38. The monoisotopic (exact) mass is 213 g/mol. The Morgan fingerprint density at radius 1 is 0.938 bits per heavy atom. The van der Waals surface area contributed by atoms with Crippen molar-refractivity contribution in [1.29, 1.82) is 0 Å². The summed E-state index contributed by atoms with van der Waals surface area (Å²) in [7, 11) is 0. The molecule has 0 saturated heterocycles. The third kappa shape index (κ3) is 2.35. The summed E-state index contributed by atoms with van der Waals surface area (Å²) in [6, 6.07) is 13.1. The number of aryl methyl sites for hydroxylation is 4. The molecule has 0 saturated carbocycles. The van der Waals surface area contributed by atoms with Crippen LogP contribution in [0.15, 0.2) is 36.4 Å². The Kier molecular flexibility index (Phi) is 3.14. The van der Waals surface area contributed by atoms with Gasteiger partial charge in [0.05, 0.1) is 0 Å². The van der Waals surface area contributed by atoms with Crippen molar-refractivity contribution in [3.8, 4) is 0 Å². The minimum Gasteiger partial charge on any atom is -0.349 e. The third-order valence-electron chi connectivity index (χ3n) is 3.12. The average molecular weight is 213 g/mol. The van der Waals surface area contributed by atoms with Crippen molar-refractivity contribution in [3.05, 3.63) is 58.9 Å². The zero-order valence-electron chi connectivity index (χ0n) is 10.3. The van der Waals surface area contributed by atoms with Crippen LogP contribution < -0.4 is 0 Å². The van der Waals surface area contributed by atoms with Gasteiger partial charge in [0.2, 0.25) is 0 Å². The lowest BCUT2D eigenvalue weighted by atomic mass is 10.1. The summed E-state index contributed by atoms with van der Waals surface area (Å²) in [6.07, 6.45) is 1.11. The Balaban J connectivity index is 2.08. The van der Waals surface area contributed by atoms with Gasteiger partial charge >= 0.3 is 0 Å². The van der Waals surface area contributed by atoms with E-state index in [1.54, 1.807) is 0 Å². The highest BCUT2D eigenvalue weighted by molar-refractivity contribution is 5.22. The third-order valence-corrected chi connectivity index (χ3v) is 3.12. The molecule has 84 valence electrons. The molecule has 0 fully saturated rings. The Morgan fingerprint density at radius 2 is 1.62 bits per heavy atom. The lowest BCUT2D eigenvalue weighted by Gasteiger charge is -2.09. The fourth-order valence-electron chi connectivity index (χ4n) is 2.16. The molecule has 2 rings (SSSR count). The lowest BCUT2D eigenvalue weighted by Crippen LogP contribution is -2.04. The van der Waals surface area contributed by atoms with E-state index in [-0.39, 0.29) is 0 Å². The van der Waals surface area contributed by atoms with E-state index in [1.807, 2.05) is 0 Å². The van der Waals surface area contributed by atoms with E-state index < -0.39 is 0 Å². The Hall–Kier alpha value is -1.50. The van der Waals surface area contributed by atoms with E-state index in [1.165, 1.54) is 22.5 Å². The van der Waals surface area contributed by atoms with Crippen molar-refractivity contribution in [2.24, 2.45) is 0 Å². The van der Waals surface area contributed by atoms with Crippen LogP contribution in [0, 0.1) is 20.8 Å². The fraction of sp³-hybridized carbons (Fsp3) is 0.333. The van der Waals surface area contributed by atoms with Crippen molar-refractivity contribution in [2.45, 2.75) is 33.7 Å². The summed E-state index contributed by atoms with van der Waals surface area (Å²) in [5.41, 5.74) is 5.47. The summed E-state index contributed by atoms with van der Waals surface area (Å²) in [6.45, 7) is 7.57. The van der Waals surface area contributed by atoms with E-state index in [9.17, 15) is 0 Å². The van der Waals surface area contributed by atoms with Crippen LogP contribution in [0.3, 0.4) is 0 Å². The average Bonchev–Trinajstić information content (AvgIpc) is 2.56. The zero-order chi connectivity index (χ0) is 11.5. The molecule has 0 radical (unpaired) electrons. The van der Waals surface area contributed by atoms with E-state index in [0.29, 0.717) is 0 Å². The molecule has 0 amide bonds. The van der Waals surface area contributed by atoms with E-state index in [4.69, 9.17) is 0 Å². The number of benzene rings is 1. The van der Waals surface area contributed by atoms with E-state index >= 15 is 0 Å². The predicted octanol–water partition coefficient (Wildman–Crippen LogP) is 3.66. The molecule has 0 aliphatic carbocycles. The molecule has 1 aromatic heterocycles. The molecule has 0 bridgehead atoms. The molecule has 1 heteroatoms. The molecule has 16 heavy (non-hydrogen) atoms. The highest BCUT2D eigenvalue weighted by atomic mass is 15.0. The molecule has 0 spiro atoms. The Labute approximate surface area is 97.7 Å². The normalized spacial score (nSPS) is 10.7. The summed E-state index contributed by atoms with van der Waals surface area (Å²) in [4.78, 5) is 0. The van der Waals surface area contributed by atoms with Crippen LogP contribution in [0.1, 0.15) is 22.5 Å². The lowest BCUT2D eigenvalue weighted by molar-refractivity contribution is 0.663. The number of hydrogen-bond donors (Lipinski definition) is 0. The van der Waals surface area contributed by atoms with E-state index in [2.05, 4.69) is 61.7 Å². The van der Waals surface area contributed by atoms with Crippen molar-refractivity contribution in [3.63, 3.8) is 0 Å². The van der Waals surface area contributed by atoms with Gasteiger partial charge in [0.15, 0.2) is 0 Å². The highest BCUT2D eigenvalue weighted by Gasteiger charge is 2.01. The first-order valence-corrected chi connectivity index (χ1v) is 5.85. The van der Waals surface area contributed by atoms with Crippen molar-refractivity contribution in [1.82, 2.24) is 4.57 Å². The van der Waals surface area contributed by atoms with Crippen molar-refractivity contribution in [2.75, 3.05) is 0 Å². The minimum absolute atomic E-state index is 1.08. The van der Waals surface area contributed by atoms with Crippen molar-refractivity contribution >= 4 is 0 Å². The van der Waals surface area contributed by atoms with Crippen LogP contribution in [0.4, 0.5) is 0 Å². The van der Waals surface area contributed by atoms with Crippen LogP contribution >= 0.6 is 0 Å². The smallest absolute Gasteiger partial charge is 0.0265 e. The van der Waals surface area contributed by atoms with Gasteiger partial charge in [0.1, 0.15) is 0 Å². The topological polar surface area (TPSA) is 4.93 Å². The van der Waals surface area contributed by atoms with Gasteiger partial charge in [-0.1, -0.05) is 29.8 Å². The Bertz CT molecular complexity index is 460. The second kappa shape index (κ2) is 4.56. The molecule has 1 aromatic carbocycles. The predicted molar refractivity (Wildman–Crippen MR) is 68.8 cm³/mol. The molecular formula is C15H19N. The van der Waals surface area contributed by atoms with Gasteiger partial charge in [0, 0.05) is 17.9 Å². The van der Waals surface area contributed by atoms with Crippen LogP contribution in [0.2, 0.25) is 0 Å². The Morgan fingerprint density at radius 3 is 2.25 bits per heavy atom. The fourth-order valence-corrected chi connectivity index (χ4v) is 2.16. The molecule has 2 aromatic rings. The maximum Gasteiger partial charge on any atom is 0.0265 e. The second-order valence-electron chi connectivity index (χ2n) is 4.51. The summed E-state index contributed by atoms with van der Waals surface area (Å²) >= 11 is 0. The van der Waals surface area contributed by atoms with Gasteiger partial charge in [-0.05, 0) is 44.9 Å². The first-order chi connectivity index (χ1) is 7.66. The van der Waals surface area contributed by atoms with E-state index in [0.717, 1.165) is 13.0 Å². The van der Waals surface area contributed by atoms with Crippen LogP contribution in [-0.4, -0.2) is 4.57 Å². The summed E-state index contributed by atoms with van der Waals surface area (Å²) in [5, 5.41) is 0. The summed E-state index contributed by atoms with van der Waals surface area (Å²) < 4.78 is 2.38. The SMILES string of the molecule is Cc1cccc(CCn2c(C)ccc2C)c1.